The fraction of sp³-hybridized carbons (Fsp3) is 0.600. The van der Waals surface area contributed by atoms with Gasteiger partial charge in [-0.25, -0.2) is 23.7 Å². The summed E-state index contributed by atoms with van der Waals surface area (Å²) in [5.74, 6) is -1.01. The van der Waals surface area contributed by atoms with E-state index in [2.05, 4.69) is 14.9 Å². The minimum Gasteiger partial charge on any atom is -0.375 e. The van der Waals surface area contributed by atoms with Crippen LogP contribution in [0.4, 0.5) is 26.5 Å². The number of hydrogen-bond acceptors (Lipinski definition) is 8. The third kappa shape index (κ3) is 3.76. The largest absolute Gasteiger partial charge is 0.375 e. The molecule has 3 aliphatic rings. The zero-order valence-electron chi connectivity index (χ0n) is 16.8. The monoisotopic (exact) mass is 417 g/mol. The first-order valence-corrected chi connectivity index (χ1v) is 10.3. The zero-order chi connectivity index (χ0) is 20.9. The average Bonchev–Trinajstić information content (AvgIpc) is 3.22. The lowest BCUT2D eigenvalue weighted by molar-refractivity contribution is 0.00171. The fourth-order valence-corrected chi connectivity index (χ4v) is 4.79. The van der Waals surface area contributed by atoms with E-state index in [0.29, 0.717) is 31.3 Å². The molecule has 3 fully saturated rings. The Kier molecular flexibility index (Phi) is 4.68. The second-order valence-corrected chi connectivity index (χ2v) is 8.56. The molecule has 1 aliphatic carbocycles. The third-order valence-corrected chi connectivity index (χ3v) is 6.21. The van der Waals surface area contributed by atoms with Gasteiger partial charge in [-0.1, -0.05) is 0 Å². The van der Waals surface area contributed by atoms with Gasteiger partial charge in [0, 0.05) is 63.0 Å². The van der Waals surface area contributed by atoms with Crippen LogP contribution in [0.2, 0.25) is 0 Å². The maximum atomic E-state index is 13.8. The van der Waals surface area contributed by atoms with Crippen molar-refractivity contribution in [1.29, 1.82) is 0 Å². The quantitative estimate of drug-likeness (QED) is 0.813. The van der Waals surface area contributed by atoms with Gasteiger partial charge in [0.2, 0.25) is 17.8 Å². The lowest BCUT2D eigenvalue weighted by Crippen LogP contribution is -2.41. The first kappa shape index (κ1) is 19.3. The highest BCUT2D eigenvalue weighted by molar-refractivity contribution is 5.64. The Labute approximate surface area is 173 Å². The molecular formula is C20H25F2N7O. The molecule has 2 aromatic rings. The maximum absolute atomic E-state index is 13.8. The average molecular weight is 417 g/mol. The van der Waals surface area contributed by atoms with Gasteiger partial charge in [-0.15, -0.1) is 0 Å². The normalized spacial score (nSPS) is 28.0. The maximum Gasteiger partial charge on any atom is 0.248 e. The Bertz CT molecular complexity index is 910. The molecule has 2 aromatic heterocycles. The Morgan fingerprint density at radius 3 is 2.43 bits per heavy atom. The highest BCUT2D eigenvalue weighted by Crippen LogP contribution is 2.47. The van der Waals surface area contributed by atoms with E-state index >= 15 is 0 Å². The molecule has 10 heteroatoms. The number of nitrogens with two attached hydrogens (primary N) is 1. The minimum absolute atomic E-state index is 0.0148. The van der Waals surface area contributed by atoms with E-state index in [0.717, 1.165) is 24.5 Å². The van der Waals surface area contributed by atoms with Gasteiger partial charge in [-0.2, -0.15) is 4.98 Å². The lowest BCUT2D eigenvalue weighted by atomic mass is 10.0. The van der Waals surface area contributed by atoms with E-state index in [1.54, 1.807) is 12.4 Å². The van der Waals surface area contributed by atoms with Gasteiger partial charge in [0.25, 0.3) is 0 Å². The van der Waals surface area contributed by atoms with Crippen LogP contribution in [0.25, 0.3) is 11.3 Å². The fourth-order valence-electron chi connectivity index (χ4n) is 4.79. The van der Waals surface area contributed by atoms with Crippen LogP contribution in [-0.4, -0.2) is 64.7 Å². The minimum atomic E-state index is -2.54. The summed E-state index contributed by atoms with van der Waals surface area (Å²) >= 11 is 0. The van der Waals surface area contributed by atoms with Crippen molar-refractivity contribution in [3.63, 3.8) is 0 Å². The molecule has 0 aromatic carbocycles. The molecule has 0 amide bonds. The molecule has 5 rings (SSSR count). The predicted octanol–water partition coefficient (Wildman–Crippen LogP) is 2.22. The third-order valence-electron chi connectivity index (χ3n) is 6.21. The molecule has 2 aliphatic heterocycles. The summed E-state index contributed by atoms with van der Waals surface area (Å²) in [6.07, 6.45) is 3.29. The molecule has 0 bridgehead atoms. The van der Waals surface area contributed by atoms with Crippen molar-refractivity contribution in [3.8, 4) is 11.3 Å². The summed E-state index contributed by atoms with van der Waals surface area (Å²) in [5.41, 5.74) is 7.05. The first-order valence-electron chi connectivity index (χ1n) is 10.3. The molecule has 160 valence electrons. The number of rotatable bonds is 3. The van der Waals surface area contributed by atoms with Crippen molar-refractivity contribution >= 4 is 17.7 Å². The number of nitrogens with zero attached hydrogens (tertiary/aromatic N) is 6. The van der Waals surface area contributed by atoms with Gasteiger partial charge in [0.15, 0.2) is 0 Å². The summed E-state index contributed by atoms with van der Waals surface area (Å²) in [7, 11) is 0. The smallest absolute Gasteiger partial charge is 0.248 e. The number of halogens is 2. The van der Waals surface area contributed by atoms with Crippen LogP contribution in [0, 0.1) is 11.8 Å². The summed E-state index contributed by atoms with van der Waals surface area (Å²) in [5, 5.41) is 0. The number of ether oxygens (including phenoxy) is 1. The van der Waals surface area contributed by atoms with Crippen molar-refractivity contribution in [2.75, 3.05) is 48.3 Å². The first-order chi connectivity index (χ1) is 14.4. The van der Waals surface area contributed by atoms with Crippen LogP contribution in [0.1, 0.15) is 19.8 Å². The van der Waals surface area contributed by atoms with Crippen LogP contribution in [-0.2, 0) is 4.74 Å². The molecule has 1 saturated carbocycles. The highest BCUT2D eigenvalue weighted by Gasteiger charge is 2.50. The van der Waals surface area contributed by atoms with Gasteiger partial charge < -0.3 is 20.3 Å². The molecule has 0 radical (unpaired) electrons. The second-order valence-electron chi connectivity index (χ2n) is 8.56. The highest BCUT2D eigenvalue weighted by atomic mass is 19.3. The van der Waals surface area contributed by atoms with Gasteiger partial charge in [0.05, 0.1) is 18.4 Å². The van der Waals surface area contributed by atoms with Gasteiger partial charge in [0.1, 0.15) is 5.82 Å². The predicted molar refractivity (Wildman–Crippen MR) is 108 cm³/mol. The Morgan fingerprint density at radius 2 is 1.77 bits per heavy atom. The summed E-state index contributed by atoms with van der Waals surface area (Å²) < 4.78 is 33.2. The van der Waals surface area contributed by atoms with E-state index in [4.69, 9.17) is 20.4 Å². The topological polar surface area (TPSA) is 93.3 Å². The molecule has 0 unspecified atom stereocenters. The molecular weight excluding hydrogens is 392 g/mol. The van der Waals surface area contributed by atoms with Crippen molar-refractivity contribution in [2.45, 2.75) is 31.8 Å². The number of hydrogen-bond donors (Lipinski definition) is 1. The van der Waals surface area contributed by atoms with E-state index < -0.39 is 5.92 Å². The lowest BCUT2D eigenvalue weighted by Gasteiger charge is -2.32. The summed E-state index contributed by atoms with van der Waals surface area (Å²) in [4.78, 5) is 21.9. The SMILES string of the molecule is C[C@H]1CN(c2cc(-c3cnc(N)nc3)nc(N3C[C@@H]4CC(F)(F)C[C@@H]4C3)n2)CCO1. The van der Waals surface area contributed by atoms with Crippen LogP contribution < -0.4 is 15.5 Å². The number of morpholine rings is 1. The van der Waals surface area contributed by atoms with Crippen molar-refractivity contribution in [1.82, 2.24) is 19.9 Å². The Hall–Kier alpha value is -2.62. The van der Waals surface area contributed by atoms with Crippen LogP contribution in [0.3, 0.4) is 0 Å². The van der Waals surface area contributed by atoms with E-state index in [-0.39, 0.29) is 36.7 Å². The van der Waals surface area contributed by atoms with Gasteiger partial charge >= 0.3 is 0 Å². The van der Waals surface area contributed by atoms with Crippen LogP contribution >= 0.6 is 0 Å². The van der Waals surface area contributed by atoms with Gasteiger partial charge in [-0.3, -0.25) is 0 Å². The Morgan fingerprint density at radius 1 is 1.07 bits per heavy atom. The molecule has 8 nitrogen and oxygen atoms in total. The number of anilines is 3. The standard InChI is InChI=1S/C20H25F2N7O/c1-12-9-28(2-3-30-12)17-4-16(15-7-24-18(23)25-8-15)26-19(27-17)29-10-13-5-20(21,22)6-14(13)11-29/h4,7-8,12-14H,2-3,5-6,9-11H2,1H3,(H2,23,24,25)/t12-,13-,14+/m0/s1. The number of fused-ring (bicyclic) bond motifs is 1. The van der Waals surface area contributed by atoms with Crippen molar-refractivity contribution in [3.05, 3.63) is 18.5 Å². The molecule has 3 atom stereocenters. The molecule has 0 spiro atoms. The molecule has 4 heterocycles. The number of aromatic nitrogens is 4. The second kappa shape index (κ2) is 7.26. The number of nitrogen functional groups attached to an aromatic ring is 1. The van der Waals surface area contributed by atoms with Crippen molar-refractivity contribution < 1.29 is 13.5 Å². The van der Waals surface area contributed by atoms with Crippen LogP contribution in [0.5, 0.6) is 0 Å². The van der Waals surface area contributed by atoms with Gasteiger partial charge in [-0.05, 0) is 18.8 Å². The summed E-state index contributed by atoms with van der Waals surface area (Å²) in [6, 6.07) is 1.92. The zero-order valence-corrected chi connectivity index (χ0v) is 16.8. The van der Waals surface area contributed by atoms with E-state index in [9.17, 15) is 8.78 Å². The molecule has 2 N–H and O–H groups in total. The van der Waals surface area contributed by atoms with E-state index in [1.807, 2.05) is 17.9 Å². The van der Waals surface area contributed by atoms with E-state index in [1.165, 1.54) is 0 Å². The van der Waals surface area contributed by atoms with Crippen LogP contribution in [0.15, 0.2) is 18.5 Å². The molecule has 2 saturated heterocycles. The summed E-state index contributed by atoms with van der Waals surface area (Å²) in [6.45, 7) is 5.23. The number of alkyl halides is 2. The van der Waals surface area contributed by atoms with Crippen molar-refractivity contribution in [2.24, 2.45) is 11.8 Å². The molecule has 30 heavy (non-hydrogen) atoms. The Balaban J connectivity index is 1.48.